The van der Waals surface area contributed by atoms with Gasteiger partial charge in [0.15, 0.2) is 6.33 Å². The average Bonchev–Trinajstić information content (AvgIpc) is 2.90. The molecule has 1 aliphatic heterocycles. The van der Waals surface area contributed by atoms with E-state index in [1.807, 2.05) is 0 Å². The molecule has 0 aliphatic carbocycles. The molecular weight excluding hydrogens is 196 g/mol. The maximum absolute atomic E-state index is 11.5. The summed E-state index contributed by atoms with van der Waals surface area (Å²) in [5.41, 5.74) is 0. The summed E-state index contributed by atoms with van der Waals surface area (Å²) in [4.78, 5) is 15.4. The zero-order valence-electron chi connectivity index (χ0n) is 8.40. The van der Waals surface area contributed by atoms with Crippen LogP contribution in [0.25, 0.3) is 0 Å². The molecule has 6 nitrogen and oxygen atoms in total. The van der Waals surface area contributed by atoms with Gasteiger partial charge >= 0.3 is 0 Å². The van der Waals surface area contributed by atoms with Crippen LogP contribution in [0.3, 0.4) is 0 Å². The highest BCUT2D eigenvalue weighted by molar-refractivity contribution is 5.81. The van der Waals surface area contributed by atoms with Crippen molar-refractivity contribution < 1.29 is 9.32 Å². The van der Waals surface area contributed by atoms with Crippen molar-refractivity contribution in [3.8, 4) is 0 Å². The van der Waals surface area contributed by atoms with Crippen LogP contribution < -0.4 is 10.6 Å². The predicted molar refractivity (Wildman–Crippen MR) is 52.0 cm³/mol. The molecule has 0 saturated carbocycles. The van der Waals surface area contributed by atoms with Crippen LogP contribution in [0.1, 0.15) is 18.7 Å². The molecule has 1 aliphatic rings. The first kappa shape index (κ1) is 10.1. The minimum atomic E-state index is -0.0207. The third kappa shape index (κ3) is 2.76. The highest BCUT2D eigenvalue weighted by atomic mass is 16.5. The van der Waals surface area contributed by atoms with Gasteiger partial charge in [0.1, 0.15) is 0 Å². The van der Waals surface area contributed by atoms with Crippen LogP contribution in [0.15, 0.2) is 10.9 Å². The third-order valence-electron chi connectivity index (χ3n) is 2.42. The van der Waals surface area contributed by atoms with E-state index in [0.29, 0.717) is 18.9 Å². The van der Waals surface area contributed by atoms with Crippen molar-refractivity contribution in [2.24, 2.45) is 0 Å². The molecule has 0 unspecified atom stereocenters. The van der Waals surface area contributed by atoms with Gasteiger partial charge in [0, 0.05) is 13.0 Å². The van der Waals surface area contributed by atoms with Gasteiger partial charge in [-0.25, -0.2) is 0 Å². The van der Waals surface area contributed by atoms with E-state index < -0.39 is 0 Å². The molecule has 0 aromatic carbocycles. The lowest BCUT2D eigenvalue weighted by Gasteiger charge is -2.09. The first-order chi connectivity index (χ1) is 7.36. The standard InChI is InChI=1S/C9H14N4O2/c14-9(7-2-1-4-10-7)11-5-3-8-12-6-13-15-8/h6-7,10H,1-5H2,(H,11,14)/t7-/m1/s1. The van der Waals surface area contributed by atoms with E-state index in [-0.39, 0.29) is 11.9 Å². The topological polar surface area (TPSA) is 80.1 Å². The fourth-order valence-corrected chi connectivity index (χ4v) is 1.63. The zero-order valence-corrected chi connectivity index (χ0v) is 8.40. The molecule has 1 atom stereocenters. The van der Waals surface area contributed by atoms with Crippen molar-refractivity contribution in [1.82, 2.24) is 20.8 Å². The molecule has 0 spiro atoms. The van der Waals surface area contributed by atoms with Crippen LogP contribution >= 0.6 is 0 Å². The molecule has 82 valence electrons. The van der Waals surface area contributed by atoms with Crippen molar-refractivity contribution in [1.29, 1.82) is 0 Å². The Kier molecular flexibility index (Phi) is 3.29. The fraction of sp³-hybridized carbons (Fsp3) is 0.667. The van der Waals surface area contributed by atoms with Crippen LogP contribution in [0.5, 0.6) is 0 Å². The zero-order chi connectivity index (χ0) is 10.5. The molecule has 1 aromatic heterocycles. The maximum Gasteiger partial charge on any atom is 0.237 e. The summed E-state index contributed by atoms with van der Waals surface area (Å²) in [6, 6.07) is -0.0207. The Hall–Kier alpha value is -1.43. The van der Waals surface area contributed by atoms with Crippen molar-refractivity contribution in [3.05, 3.63) is 12.2 Å². The smallest absolute Gasteiger partial charge is 0.237 e. The van der Waals surface area contributed by atoms with Gasteiger partial charge in [0.25, 0.3) is 0 Å². The maximum atomic E-state index is 11.5. The van der Waals surface area contributed by atoms with E-state index in [9.17, 15) is 4.79 Å². The number of carbonyl (C=O) groups excluding carboxylic acids is 1. The van der Waals surface area contributed by atoms with E-state index in [0.717, 1.165) is 19.4 Å². The molecule has 2 rings (SSSR count). The Morgan fingerprint density at radius 3 is 3.33 bits per heavy atom. The van der Waals surface area contributed by atoms with Crippen molar-refractivity contribution in [3.63, 3.8) is 0 Å². The summed E-state index contributed by atoms with van der Waals surface area (Å²) in [5, 5.41) is 9.46. The second kappa shape index (κ2) is 4.88. The minimum absolute atomic E-state index is 0.0207. The van der Waals surface area contributed by atoms with E-state index in [1.54, 1.807) is 0 Å². The number of aromatic nitrogens is 2. The predicted octanol–water partition coefficient (Wildman–Crippen LogP) is -0.520. The summed E-state index contributed by atoms with van der Waals surface area (Å²) in [5.74, 6) is 0.613. The van der Waals surface area contributed by atoms with Gasteiger partial charge in [0.05, 0.1) is 6.04 Å². The molecule has 0 bridgehead atoms. The number of carbonyl (C=O) groups is 1. The summed E-state index contributed by atoms with van der Waals surface area (Å²) < 4.78 is 4.81. The van der Waals surface area contributed by atoms with E-state index in [2.05, 4.69) is 20.8 Å². The van der Waals surface area contributed by atoms with Crippen LogP contribution in [0.2, 0.25) is 0 Å². The molecule has 1 amide bonds. The second-order valence-corrected chi connectivity index (χ2v) is 3.52. The number of nitrogens with zero attached hydrogens (tertiary/aromatic N) is 2. The van der Waals surface area contributed by atoms with Crippen molar-refractivity contribution in [2.75, 3.05) is 13.1 Å². The summed E-state index contributed by atoms with van der Waals surface area (Å²) in [6.45, 7) is 1.47. The largest absolute Gasteiger partial charge is 0.354 e. The van der Waals surface area contributed by atoms with Crippen LogP contribution in [-0.4, -0.2) is 35.2 Å². The van der Waals surface area contributed by atoms with Crippen LogP contribution in [0.4, 0.5) is 0 Å². The second-order valence-electron chi connectivity index (χ2n) is 3.52. The van der Waals surface area contributed by atoms with Crippen LogP contribution in [0, 0.1) is 0 Å². The number of rotatable bonds is 4. The molecule has 1 aromatic rings. The molecular formula is C9H14N4O2. The highest BCUT2D eigenvalue weighted by Crippen LogP contribution is 2.04. The van der Waals surface area contributed by atoms with E-state index in [4.69, 9.17) is 4.52 Å². The minimum Gasteiger partial charge on any atom is -0.354 e. The molecule has 2 heterocycles. The third-order valence-corrected chi connectivity index (χ3v) is 2.42. The normalized spacial score (nSPS) is 20.4. The Morgan fingerprint density at radius 2 is 2.67 bits per heavy atom. The van der Waals surface area contributed by atoms with Gasteiger partial charge < -0.3 is 15.2 Å². The molecule has 1 saturated heterocycles. The van der Waals surface area contributed by atoms with Gasteiger partial charge in [-0.1, -0.05) is 5.16 Å². The monoisotopic (exact) mass is 210 g/mol. The Labute approximate surface area is 87.4 Å². The highest BCUT2D eigenvalue weighted by Gasteiger charge is 2.21. The lowest BCUT2D eigenvalue weighted by molar-refractivity contribution is -0.122. The van der Waals surface area contributed by atoms with E-state index in [1.165, 1.54) is 6.33 Å². The first-order valence-electron chi connectivity index (χ1n) is 5.13. The lowest BCUT2D eigenvalue weighted by Crippen LogP contribution is -2.41. The summed E-state index contributed by atoms with van der Waals surface area (Å²) in [7, 11) is 0. The summed E-state index contributed by atoms with van der Waals surface area (Å²) >= 11 is 0. The van der Waals surface area contributed by atoms with E-state index >= 15 is 0 Å². The molecule has 2 N–H and O–H groups in total. The summed E-state index contributed by atoms with van der Waals surface area (Å²) in [6.07, 6.45) is 3.93. The molecule has 6 heteroatoms. The fourth-order valence-electron chi connectivity index (χ4n) is 1.63. The average molecular weight is 210 g/mol. The van der Waals surface area contributed by atoms with Crippen molar-refractivity contribution >= 4 is 5.91 Å². The van der Waals surface area contributed by atoms with Gasteiger partial charge in [-0.2, -0.15) is 4.98 Å². The Morgan fingerprint density at radius 1 is 1.73 bits per heavy atom. The number of hydrogen-bond donors (Lipinski definition) is 2. The molecule has 15 heavy (non-hydrogen) atoms. The number of nitrogens with one attached hydrogen (secondary N) is 2. The Bertz CT molecular complexity index is 306. The van der Waals surface area contributed by atoms with Gasteiger partial charge in [0.2, 0.25) is 11.8 Å². The first-order valence-corrected chi connectivity index (χ1v) is 5.13. The molecule has 1 fully saturated rings. The Balaban J connectivity index is 1.67. The van der Waals surface area contributed by atoms with Gasteiger partial charge in [-0.05, 0) is 19.4 Å². The number of hydrogen-bond acceptors (Lipinski definition) is 5. The van der Waals surface area contributed by atoms with Gasteiger partial charge in [-0.15, -0.1) is 0 Å². The van der Waals surface area contributed by atoms with Crippen LogP contribution in [-0.2, 0) is 11.2 Å². The number of amides is 1. The van der Waals surface area contributed by atoms with Gasteiger partial charge in [-0.3, -0.25) is 4.79 Å². The quantitative estimate of drug-likeness (QED) is 0.699. The SMILES string of the molecule is O=C(NCCc1ncno1)[C@H]1CCCN1. The lowest BCUT2D eigenvalue weighted by atomic mass is 10.2. The van der Waals surface area contributed by atoms with Crippen molar-refractivity contribution in [2.45, 2.75) is 25.3 Å². The molecule has 0 radical (unpaired) electrons.